The third-order valence-corrected chi connectivity index (χ3v) is 7.53. The largest absolute Gasteiger partial charge is 0.326 e. The number of sulfone groups is 1. The predicted octanol–water partition coefficient (Wildman–Crippen LogP) is 3.74. The van der Waals surface area contributed by atoms with Gasteiger partial charge in [-0.3, -0.25) is 9.59 Å². The molecule has 9 heteroatoms. The zero-order valence-corrected chi connectivity index (χ0v) is 17.7. The van der Waals surface area contributed by atoms with E-state index in [-0.39, 0.29) is 16.6 Å². The van der Waals surface area contributed by atoms with E-state index in [1.54, 1.807) is 31.2 Å². The Hall–Kier alpha value is -2.03. The molecule has 3 rings (SSSR count). The van der Waals surface area contributed by atoms with E-state index in [9.17, 15) is 18.0 Å². The number of fused-ring (bicyclic) bond motifs is 1. The van der Waals surface area contributed by atoms with E-state index in [1.165, 1.54) is 23.9 Å². The highest BCUT2D eigenvalue weighted by Crippen LogP contribution is 2.33. The average Bonchev–Trinajstić information content (AvgIpc) is 2.62. The van der Waals surface area contributed by atoms with Gasteiger partial charge in [0.15, 0.2) is 9.84 Å². The molecule has 1 heterocycles. The molecule has 0 saturated carbocycles. The number of carbonyl (C=O) groups is 2. The van der Waals surface area contributed by atoms with Crippen LogP contribution in [0.1, 0.15) is 12.5 Å². The Morgan fingerprint density at radius 3 is 2.75 bits per heavy atom. The maximum absolute atomic E-state index is 12.8. The lowest BCUT2D eigenvalue weighted by Crippen LogP contribution is -2.27. The molecule has 0 bridgehead atoms. The highest BCUT2D eigenvalue weighted by Gasteiger charge is 2.25. The van der Waals surface area contributed by atoms with Crippen molar-refractivity contribution in [3.05, 3.63) is 47.0 Å². The second kappa shape index (κ2) is 8.14. The van der Waals surface area contributed by atoms with E-state index in [0.29, 0.717) is 22.2 Å². The lowest BCUT2D eigenvalue weighted by molar-refractivity contribution is -0.118. The number of aryl methyl sites for hydroxylation is 1. The van der Waals surface area contributed by atoms with Gasteiger partial charge in [0.1, 0.15) is 0 Å². The summed E-state index contributed by atoms with van der Waals surface area (Å²) in [6.07, 6.45) is 0. The standard InChI is InChI=1S/C19H19ClN2O4S2/c1-11-7-13(20)3-5-15(11)22-19(24)12(2)10-28(25,26)14-4-6-17-16(8-14)21-18(23)9-27-17/h3-8,12H,9-10H2,1-2H3,(H,21,23)(H,22,24)/t12-/m0/s1. The molecule has 6 nitrogen and oxygen atoms in total. The summed E-state index contributed by atoms with van der Waals surface area (Å²) in [6, 6.07) is 9.69. The fraction of sp³-hybridized carbons (Fsp3) is 0.263. The van der Waals surface area contributed by atoms with Gasteiger partial charge in [-0.2, -0.15) is 0 Å². The molecule has 1 aliphatic rings. The number of thioether (sulfide) groups is 1. The normalized spacial score (nSPS) is 14.8. The third-order valence-electron chi connectivity index (χ3n) is 4.31. The molecule has 0 spiro atoms. The highest BCUT2D eigenvalue weighted by molar-refractivity contribution is 8.00. The predicted molar refractivity (Wildman–Crippen MR) is 112 cm³/mol. The molecule has 2 aromatic carbocycles. The van der Waals surface area contributed by atoms with Crippen LogP contribution in [0.2, 0.25) is 5.02 Å². The maximum Gasteiger partial charge on any atom is 0.234 e. The summed E-state index contributed by atoms with van der Waals surface area (Å²) in [4.78, 5) is 24.9. The number of anilines is 2. The van der Waals surface area contributed by atoms with Gasteiger partial charge in [0, 0.05) is 21.5 Å². The smallest absolute Gasteiger partial charge is 0.234 e. The van der Waals surface area contributed by atoms with Gasteiger partial charge in [0.25, 0.3) is 0 Å². The molecule has 0 aromatic heterocycles. The van der Waals surface area contributed by atoms with Gasteiger partial charge >= 0.3 is 0 Å². The molecule has 148 valence electrons. The molecule has 0 radical (unpaired) electrons. The summed E-state index contributed by atoms with van der Waals surface area (Å²) in [6.45, 7) is 3.37. The molecule has 1 aliphatic heterocycles. The number of hydrogen-bond donors (Lipinski definition) is 2. The van der Waals surface area contributed by atoms with Crippen LogP contribution >= 0.6 is 23.4 Å². The van der Waals surface area contributed by atoms with E-state index >= 15 is 0 Å². The molecule has 0 fully saturated rings. The van der Waals surface area contributed by atoms with Crippen molar-refractivity contribution in [1.29, 1.82) is 0 Å². The zero-order valence-electron chi connectivity index (χ0n) is 15.3. The van der Waals surface area contributed by atoms with Crippen LogP contribution in [-0.2, 0) is 19.4 Å². The number of carbonyl (C=O) groups excluding carboxylic acids is 2. The van der Waals surface area contributed by atoms with Gasteiger partial charge in [-0.15, -0.1) is 11.8 Å². The number of halogens is 1. The Kier molecular flexibility index (Phi) is 6.02. The summed E-state index contributed by atoms with van der Waals surface area (Å²) < 4.78 is 25.5. The lowest BCUT2D eigenvalue weighted by Gasteiger charge is -2.18. The van der Waals surface area contributed by atoms with Crippen molar-refractivity contribution in [2.75, 3.05) is 22.1 Å². The quantitative estimate of drug-likeness (QED) is 0.741. The minimum absolute atomic E-state index is 0.0800. The molecular weight excluding hydrogens is 420 g/mol. The molecular formula is C19H19ClN2O4S2. The lowest BCUT2D eigenvalue weighted by atomic mass is 10.1. The average molecular weight is 439 g/mol. The van der Waals surface area contributed by atoms with Gasteiger partial charge in [0.05, 0.1) is 22.1 Å². The van der Waals surface area contributed by atoms with Crippen molar-refractivity contribution in [3.8, 4) is 0 Å². The van der Waals surface area contributed by atoms with Crippen LogP contribution in [0.4, 0.5) is 11.4 Å². The van der Waals surface area contributed by atoms with Crippen molar-refractivity contribution in [1.82, 2.24) is 0 Å². The number of nitrogens with one attached hydrogen (secondary N) is 2. The van der Waals surface area contributed by atoms with E-state index < -0.39 is 21.7 Å². The molecule has 1 atom stereocenters. The molecule has 28 heavy (non-hydrogen) atoms. The third kappa shape index (κ3) is 4.68. The summed E-state index contributed by atoms with van der Waals surface area (Å²) >= 11 is 7.27. The van der Waals surface area contributed by atoms with Crippen LogP contribution < -0.4 is 10.6 Å². The van der Waals surface area contributed by atoms with Gasteiger partial charge < -0.3 is 10.6 Å². The second-order valence-corrected chi connectivity index (χ2v) is 10.1. The number of rotatable bonds is 5. The Bertz CT molecular complexity index is 1050. The second-order valence-electron chi connectivity index (χ2n) is 6.63. The summed E-state index contributed by atoms with van der Waals surface area (Å²) in [5.74, 6) is -1.36. The van der Waals surface area contributed by atoms with Crippen molar-refractivity contribution in [2.24, 2.45) is 5.92 Å². The van der Waals surface area contributed by atoms with E-state index in [2.05, 4.69) is 10.6 Å². The minimum Gasteiger partial charge on any atom is -0.326 e. The fourth-order valence-electron chi connectivity index (χ4n) is 2.78. The molecule has 0 saturated heterocycles. The summed E-state index contributed by atoms with van der Waals surface area (Å²) in [5, 5.41) is 5.98. The number of amides is 2. The van der Waals surface area contributed by atoms with Crippen molar-refractivity contribution in [2.45, 2.75) is 23.6 Å². The van der Waals surface area contributed by atoms with Crippen LogP contribution in [0, 0.1) is 12.8 Å². The number of hydrogen-bond acceptors (Lipinski definition) is 5. The van der Waals surface area contributed by atoms with Crippen LogP contribution in [0.3, 0.4) is 0 Å². The first kappa shape index (κ1) is 20.7. The van der Waals surface area contributed by atoms with Crippen LogP contribution in [0.15, 0.2) is 46.2 Å². The SMILES string of the molecule is Cc1cc(Cl)ccc1NC(=O)[C@@H](C)CS(=O)(=O)c1ccc2c(c1)NC(=O)CS2. The van der Waals surface area contributed by atoms with Crippen LogP contribution in [-0.4, -0.2) is 31.7 Å². The van der Waals surface area contributed by atoms with Crippen LogP contribution in [0.25, 0.3) is 0 Å². The van der Waals surface area contributed by atoms with E-state index in [4.69, 9.17) is 11.6 Å². The Morgan fingerprint density at radius 2 is 2.04 bits per heavy atom. The van der Waals surface area contributed by atoms with Crippen molar-refractivity contribution >= 4 is 56.4 Å². The van der Waals surface area contributed by atoms with Gasteiger partial charge in [-0.25, -0.2) is 8.42 Å². The first-order valence-corrected chi connectivity index (χ1v) is 11.5. The van der Waals surface area contributed by atoms with Crippen molar-refractivity contribution in [3.63, 3.8) is 0 Å². The Labute approximate surface area is 173 Å². The zero-order chi connectivity index (χ0) is 20.5. The first-order valence-electron chi connectivity index (χ1n) is 8.52. The minimum atomic E-state index is -3.71. The van der Waals surface area contributed by atoms with Gasteiger partial charge in [-0.05, 0) is 48.9 Å². The first-order chi connectivity index (χ1) is 13.2. The van der Waals surface area contributed by atoms with E-state index in [1.807, 2.05) is 6.92 Å². The number of benzene rings is 2. The Balaban J connectivity index is 1.73. The molecule has 2 amide bonds. The van der Waals surface area contributed by atoms with Gasteiger partial charge in [-0.1, -0.05) is 18.5 Å². The molecule has 2 aromatic rings. The van der Waals surface area contributed by atoms with Crippen LogP contribution in [0.5, 0.6) is 0 Å². The van der Waals surface area contributed by atoms with Crippen molar-refractivity contribution < 1.29 is 18.0 Å². The Morgan fingerprint density at radius 1 is 1.29 bits per heavy atom. The monoisotopic (exact) mass is 438 g/mol. The van der Waals surface area contributed by atoms with E-state index in [0.717, 1.165) is 10.5 Å². The van der Waals surface area contributed by atoms with Gasteiger partial charge in [0.2, 0.25) is 11.8 Å². The molecule has 2 N–H and O–H groups in total. The summed E-state index contributed by atoms with van der Waals surface area (Å²) in [5.41, 5.74) is 1.86. The fourth-order valence-corrected chi connectivity index (χ4v) is 5.37. The molecule has 0 unspecified atom stereocenters. The highest BCUT2D eigenvalue weighted by atomic mass is 35.5. The maximum atomic E-state index is 12.8. The molecule has 0 aliphatic carbocycles. The topological polar surface area (TPSA) is 92.3 Å². The summed E-state index contributed by atoms with van der Waals surface area (Å²) in [7, 11) is -3.71.